The molecule has 0 spiro atoms. The van der Waals surface area contributed by atoms with E-state index in [9.17, 15) is 0 Å². The third-order valence-electron chi connectivity index (χ3n) is 4.53. The van der Waals surface area contributed by atoms with Crippen LogP contribution in [0.2, 0.25) is 5.02 Å². The molecule has 0 bridgehead atoms. The van der Waals surface area contributed by atoms with Gasteiger partial charge in [0.2, 0.25) is 0 Å². The van der Waals surface area contributed by atoms with Crippen molar-refractivity contribution in [2.45, 2.75) is 17.5 Å². The number of hydrogen-bond acceptors (Lipinski definition) is 7. The Morgan fingerprint density at radius 3 is 2.52 bits per heavy atom. The second-order valence-electron chi connectivity index (χ2n) is 6.65. The summed E-state index contributed by atoms with van der Waals surface area (Å²) in [7, 11) is 0. The van der Waals surface area contributed by atoms with Crippen LogP contribution in [0, 0.1) is 0 Å². The molecule has 0 saturated heterocycles. The van der Waals surface area contributed by atoms with Gasteiger partial charge in [-0.2, -0.15) is 4.98 Å². The SMILES string of the molecule is Clc1ccc(-c2nnc(SCc3noc(-c4ccccc4)n3)n2Cc2ccco2)cc1. The minimum atomic E-state index is 0.493. The lowest BCUT2D eigenvalue weighted by molar-refractivity contribution is 0.425. The normalized spacial score (nSPS) is 11.1. The minimum absolute atomic E-state index is 0.493. The van der Waals surface area contributed by atoms with E-state index in [0.717, 1.165) is 27.9 Å². The molecule has 5 aromatic rings. The van der Waals surface area contributed by atoms with E-state index in [0.29, 0.717) is 29.0 Å². The van der Waals surface area contributed by atoms with E-state index >= 15 is 0 Å². The van der Waals surface area contributed by atoms with E-state index in [-0.39, 0.29) is 0 Å². The van der Waals surface area contributed by atoms with Gasteiger partial charge in [0.1, 0.15) is 5.76 Å². The maximum atomic E-state index is 6.04. The third kappa shape index (κ3) is 4.40. The Morgan fingerprint density at radius 1 is 0.903 bits per heavy atom. The summed E-state index contributed by atoms with van der Waals surface area (Å²) in [5, 5.41) is 14.3. The maximum absolute atomic E-state index is 6.04. The largest absolute Gasteiger partial charge is 0.467 e. The molecular weight excluding hydrogens is 434 g/mol. The molecule has 0 fully saturated rings. The van der Waals surface area contributed by atoms with Gasteiger partial charge >= 0.3 is 0 Å². The molecule has 5 rings (SSSR count). The molecule has 0 unspecified atom stereocenters. The van der Waals surface area contributed by atoms with Gasteiger partial charge in [0, 0.05) is 16.1 Å². The Morgan fingerprint density at radius 2 is 1.74 bits per heavy atom. The summed E-state index contributed by atoms with van der Waals surface area (Å²) in [4.78, 5) is 4.49. The lowest BCUT2D eigenvalue weighted by Crippen LogP contribution is -2.03. The fourth-order valence-corrected chi connectivity index (χ4v) is 3.96. The number of nitrogens with zero attached hydrogens (tertiary/aromatic N) is 5. The molecule has 154 valence electrons. The van der Waals surface area contributed by atoms with Crippen LogP contribution in [-0.4, -0.2) is 24.9 Å². The number of furan rings is 1. The van der Waals surface area contributed by atoms with Crippen molar-refractivity contribution in [2.75, 3.05) is 0 Å². The van der Waals surface area contributed by atoms with Crippen molar-refractivity contribution in [3.63, 3.8) is 0 Å². The molecule has 0 atom stereocenters. The predicted octanol–water partition coefficient (Wildman–Crippen LogP) is 5.58. The zero-order valence-corrected chi connectivity index (χ0v) is 17.8. The molecule has 0 saturated carbocycles. The molecule has 31 heavy (non-hydrogen) atoms. The van der Waals surface area contributed by atoms with Gasteiger partial charge in [-0.15, -0.1) is 10.2 Å². The van der Waals surface area contributed by atoms with Crippen molar-refractivity contribution in [3.05, 3.63) is 89.6 Å². The number of hydrogen-bond donors (Lipinski definition) is 0. The second-order valence-corrected chi connectivity index (χ2v) is 8.03. The molecule has 3 aromatic heterocycles. The zero-order chi connectivity index (χ0) is 21.0. The first kappa shape index (κ1) is 19.6. The monoisotopic (exact) mass is 449 g/mol. The van der Waals surface area contributed by atoms with E-state index in [2.05, 4.69) is 20.3 Å². The summed E-state index contributed by atoms with van der Waals surface area (Å²) >= 11 is 7.52. The van der Waals surface area contributed by atoms with Gasteiger partial charge in [-0.05, 0) is 48.5 Å². The van der Waals surface area contributed by atoms with Gasteiger partial charge in [-0.25, -0.2) is 0 Å². The Balaban J connectivity index is 1.40. The molecular formula is C22H16ClN5O2S. The Bertz CT molecular complexity index is 1270. The van der Waals surface area contributed by atoms with Crippen LogP contribution in [0.25, 0.3) is 22.8 Å². The van der Waals surface area contributed by atoms with Crippen LogP contribution < -0.4 is 0 Å². The van der Waals surface area contributed by atoms with E-state index in [1.54, 1.807) is 6.26 Å². The highest BCUT2D eigenvalue weighted by Gasteiger charge is 2.17. The molecule has 7 nitrogen and oxygen atoms in total. The molecule has 0 amide bonds. The topological polar surface area (TPSA) is 82.8 Å². The summed E-state index contributed by atoms with van der Waals surface area (Å²) in [6.45, 7) is 0.502. The van der Waals surface area contributed by atoms with Crippen molar-refractivity contribution >= 4 is 23.4 Å². The first-order valence-corrected chi connectivity index (χ1v) is 10.8. The van der Waals surface area contributed by atoms with Gasteiger partial charge < -0.3 is 8.94 Å². The lowest BCUT2D eigenvalue weighted by Gasteiger charge is -2.08. The van der Waals surface area contributed by atoms with Crippen LogP contribution in [0.15, 0.2) is 87.1 Å². The minimum Gasteiger partial charge on any atom is -0.467 e. The second kappa shape index (κ2) is 8.79. The van der Waals surface area contributed by atoms with Gasteiger partial charge in [0.15, 0.2) is 16.8 Å². The lowest BCUT2D eigenvalue weighted by atomic mass is 10.2. The zero-order valence-electron chi connectivity index (χ0n) is 16.2. The molecule has 0 aliphatic heterocycles. The van der Waals surface area contributed by atoms with E-state index < -0.39 is 0 Å². The van der Waals surface area contributed by atoms with E-state index in [1.165, 1.54) is 11.8 Å². The van der Waals surface area contributed by atoms with E-state index in [4.69, 9.17) is 20.5 Å². The fourth-order valence-electron chi connectivity index (χ4n) is 3.05. The Labute approximate surface area is 187 Å². The summed E-state index contributed by atoms with van der Waals surface area (Å²) in [6.07, 6.45) is 1.65. The summed E-state index contributed by atoms with van der Waals surface area (Å²) in [5.41, 5.74) is 1.80. The quantitative estimate of drug-likeness (QED) is 0.300. The average molecular weight is 450 g/mol. The van der Waals surface area contributed by atoms with Crippen LogP contribution in [0.5, 0.6) is 0 Å². The maximum Gasteiger partial charge on any atom is 0.257 e. The van der Waals surface area contributed by atoms with Crippen LogP contribution in [-0.2, 0) is 12.3 Å². The molecule has 3 heterocycles. The molecule has 0 N–H and O–H groups in total. The molecule has 0 radical (unpaired) electrons. The summed E-state index contributed by atoms with van der Waals surface area (Å²) in [6, 6.07) is 21.0. The highest BCUT2D eigenvalue weighted by atomic mass is 35.5. The standard InChI is InChI=1S/C22H16ClN5O2S/c23-17-10-8-15(9-11-17)20-25-26-22(28(20)13-18-7-4-12-29-18)31-14-19-24-21(30-27-19)16-5-2-1-3-6-16/h1-12H,13-14H2. The first-order valence-electron chi connectivity index (χ1n) is 9.48. The Kier molecular flexibility index (Phi) is 5.56. The predicted molar refractivity (Wildman–Crippen MR) is 118 cm³/mol. The number of rotatable bonds is 7. The van der Waals surface area contributed by atoms with Crippen LogP contribution >= 0.6 is 23.4 Å². The number of thioether (sulfide) groups is 1. The van der Waals surface area contributed by atoms with Crippen LogP contribution in [0.1, 0.15) is 11.6 Å². The highest BCUT2D eigenvalue weighted by molar-refractivity contribution is 7.98. The highest BCUT2D eigenvalue weighted by Crippen LogP contribution is 2.28. The number of aromatic nitrogens is 5. The molecule has 0 aliphatic carbocycles. The first-order chi connectivity index (χ1) is 15.3. The van der Waals surface area contributed by atoms with Crippen molar-refractivity contribution in [1.29, 1.82) is 0 Å². The third-order valence-corrected chi connectivity index (χ3v) is 5.75. The van der Waals surface area contributed by atoms with Gasteiger partial charge in [0.05, 0.1) is 18.6 Å². The summed E-state index contributed by atoms with van der Waals surface area (Å²) < 4.78 is 12.9. The van der Waals surface area contributed by atoms with Crippen molar-refractivity contribution < 1.29 is 8.94 Å². The van der Waals surface area contributed by atoms with Crippen molar-refractivity contribution in [1.82, 2.24) is 24.9 Å². The molecule has 9 heteroatoms. The van der Waals surface area contributed by atoms with Crippen LogP contribution in [0.3, 0.4) is 0 Å². The van der Waals surface area contributed by atoms with Gasteiger partial charge in [0.25, 0.3) is 5.89 Å². The average Bonchev–Trinajstić information content (AvgIpc) is 3.56. The smallest absolute Gasteiger partial charge is 0.257 e. The Hall–Kier alpha value is -3.36. The van der Waals surface area contributed by atoms with E-state index in [1.807, 2.05) is 71.3 Å². The van der Waals surface area contributed by atoms with Crippen molar-refractivity contribution in [2.24, 2.45) is 0 Å². The molecule has 0 aliphatic rings. The summed E-state index contributed by atoms with van der Waals surface area (Å²) in [5.74, 6) is 3.11. The number of benzene rings is 2. The molecule has 2 aromatic carbocycles. The van der Waals surface area contributed by atoms with Gasteiger partial charge in [-0.3, -0.25) is 4.57 Å². The van der Waals surface area contributed by atoms with Crippen molar-refractivity contribution in [3.8, 4) is 22.8 Å². The van der Waals surface area contributed by atoms with Gasteiger partial charge in [-0.1, -0.05) is 46.7 Å². The fraction of sp³-hybridized carbons (Fsp3) is 0.0909. The van der Waals surface area contributed by atoms with Crippen LogP contribution in [0.4, 0.5) is 0 Å². The number of halogens is 1.